The van der Waals surface area contributed by atoms with Crippen molar-refractivity contribution < 1.29 is 9.53 Å². The fourth-order valence-electron chi connectivity index (χ4n) is 3.51. The highest BCUT2D eigenvalue weighted by atomic mass is 16.5. The van der Waals surface area contributed by atoms with Crippen LogP contribution in [0, 0.1) is 5.41 Å². The van der Waals surface area contributed by atoms with Crippen LogP contribution >= 0.6 is 0 Å². The Labute approximate surface area is 132 Å². The van der Waals surface area contributed by atoms with Crippen molar-refractivity contribution in [1.29, 1.82) is 0 Å². The van der Waals surface area contributed by atoms with Gasteiger partial charge in [0, 0.05) is 25.2 Å². The number of nitrogens with one attached hydrogen (secondary N) is 1. The van der Waals surface area contributed by atoms with Crippen LogP contribution in [0.2, 0.25) is 0 Å². The van der Waals surface area contributed by atoms with Gasteiger partial charge in [0.15, 0.2) is 0 Å². The molecule has 1 saturated carbocycles. The van der Waals surface area contributed by atoms with Crippen LogP contribution in [0.4, 0.5) is 0 Å². The zero-order chi connectivity index (χ0) is 15.5. The molecule has 0 spiro atoms. The summed E-state index contributed by atoms with van der Waals surface area (Å²) in [5.74, 6) is 0.179. The van der Waals surface area contributed by atoms with Crippen molar-refractivity contribution in [3.05, 3.63) is 48.6 Å². The van der Waals surface area contributed by atoms with E-state index in [0.717, 1.165) is 38.6 Å². The minimum Gasteiger partial charge on any atom is -0.381 e. The maximum absolute atomic E-state index is 12.8. The second-order valence-corrected chi connectivity index (χ2v) is 6.71. The van der Waals surface area contributed by atoms with Crippen LogP contribution in [0.15, 0.2) is 43.0 Å². The van der Waals surface area contributed by atoms with E-state index in [0.29, 0.717) is 13.2 Å². The van der Waals surface area contributed by atoms with Crippen molar-refractivity contribution in [3.63, 3.8) is 0 Å². The molecule has 2 aliphatic rings. The molecule has 1 heterocycles. The van der Waals surface area contributed by atoms with Gasteiger partial charge in [-0.15, -0.1) is 6.58 Å². The summed E-state index contributed by atoms with van der Waals surface area (Å²) in [5, 5.41) is 3.24. The Morgan fingerprint density at radius 1 is 1.18 bits per heavy atom. The summed E-state index contributed by atoms with van der Waals surface area (Å²) < 4.78 is 5.43. The van der Waals surface area contributed by atoms with Crippen LogP contribution in [0.3, 0.4) is 0 Å². The average molecular weight is 299 g/mol. The summed E-state index contributed by atoms with van der Waals surface area (Å²) in [6.07, 6.45) is 6.52. The number of ether oxygens (including phenoxy) is 1. The highest BCUT2D eigenvalue weighted by Gasteiger charge is 2.46. The number of carbonyl (C=O) groups excluding carboxylic acids is 1. The maximum Gasteiger partial charge on any atom is 0.226 e. The van der Waals surface area contributed by atoms with E-state index in [9.17, 15) is 4.79 Å². The quantitative estimate of drug-likeness (QED) is 0.819. The highest BCUT2D eigenvalue weighted by molar-refractivity contribution is 5.83. The molecule has 2 fully saturated rings. The van der Waals surface area contributed by atoms with Crippen molar-refractivity contribution in [2.75, 3.05) is 19.8 Å². The summed E-state index contributed by atoms with van der Waals surface area (Å²) in [7, 11) is 0. The lowest BCUT2D eigenvalue weighted by molar-refractivity contribution is -0.136. The molecule has 3 heteroatoms. The highest BCUT2D eigenvalue weighted by Crippen LogP contribution is 2.47. The van der Waals surface area contributed by atoms with Crippen LogP contribution in [0.5, 0.6) is 0 Å². The van der Waals surface area contributed by atoms with Gasteiger partial charge in [-0.25, -0.2) is 0 Å². The molecule has 118 valence electrons. The third kappa shape index (κ3) is 2.95. The average Bonchev–Trinajstić information content (AvgIpc) is 3.36. The molecule has 0 aromatic heterocycles. The van der Waals surface area contributed by atoms with Gasteiger partial charge in [0.05, 0.1) is 5.41 Å². The third-order valence-corrected chi connectivity index (χ3v) is 5.29. The normalized spacial score (nSPS) is 21.8. The molecule has 1 aromatic carbocycles. The molecule has 1 saturated heterocycles. The largest absolute Gasteiger partial charge is 0.381 e. The van der Waals surface area contributed by atoms with E-state index in [2.05, 4.69) is 36.2 Å². The minimum absolute atomic E-state index is 0.164. The van der Waals surface area contributed by atoms with Gasteiger partial charge in [-0.05, 0) is 37.7 Å². The monoisotopic (exact) mass is 299 g/mol. The molecule has 1 aliphatic heterocycles. The molecule has 0 unspecified atom stereocenters. The molecule has 3 nitrogen and oxygen atoms in total. The van der Waals surface area contributed by atoms with E-state index in [4.69, 9.17) is 4.74 Å². The molecule has 1 amide bonds. The van der Waals surface area contributed by atoms with E-state index in [-0.39, 0.29) is 16.7 Å². The molecule has 1 N–H and O–H groups in total. The number of benzene rings is 1. The Bertz CT molecular complexity index is 528. The number of rotatable bonds is 6. The van der Waals surface area contributed by atoms with Crippen molar-refractivity contribution in [2.24, 2.45) is 5.41 Å². The number of hydrogen-bond acceptors (Lipinski definition) is 2. The first-order valence-electron chi connectivity index (χ1n) is 8.23. The number of amides is 1. The third-order valence-electron chi connectivity index (χ3n) is 5.29. The van der Waals surface area contributed by atoms with Gasteiger partial charge < -0.3 is 10.1 Å². The molecular formula is C19H25NO2. The van der Waals surface area contributed by atoms with Gasteiger partial charge in [-0.2, -0.15) is 0 Å². The lowest BCUT2D eigenvalue weighted by Gasteiger charge is -2.35. The Kier molecular flexibility index (Phi) is 4.34. The zero-order valence-corrected chi connectivity index (χ0v) is 13.1. The van der Waals surface area contributed by atoms with Gasteiger partial charge >= 0.3 is 0 Å². The second kappa shape index (κ2) is 6.25. The van der Waals surface area contributed by atoms with Crippen LogP contribution in [0.25, 0.3) is 0 Å². The molecular weight excluding hydrogens is 274 g/mol. The summed E-state index contributed by atoms with van der Waals surface area (Å²) in [4.78, 5) is 12.8. The van der Waals surface area contributed by atoms with Crippen molar-refractivity contribution >= 4 is 5.91 Å². The van der Waals surface area contributed by atoms with E-state index in [1.54, 1.807) is 0 Å². The van der Waals surface area contributed by atoms with Gasteiger partial charge in [0.2, 0.25) is 5.91 Å². The minimum atomic E-state index is -0.313. The Morgan fingerprint density at radius 2 is 1.86 bits per heavy atom. The van der Waals surface area contributed by atoms with Gasteiger partial charge in [-0.3, -0.25) is 4.79 Å². The first-order valence-corrected chi connectivity index (χ1v) is 8.23. The first-order chi connectivity index (χ1) is 10.7. The summed E-state index contributed by atoms with van der Waals surface area (Å²) in [6, 6.07) is 10.5. The van der Waals surface area contributed by atoms with Gasteiger partial charge in [0.25, 0.3) is 0 Å². The molecule has 22 heavy (non-hydrogen) atoms. The topological polar surface area (TPSA) is 38.3 Å². The molecule has 1 aromatic rings. The fourth-order valence-corrected chi connectivity index (χ4v) is 3.51. The SMILES string of the molecule is C=CCC1(C(=O)NCC2(c3ccccc3)CC2)CCOCC1. The second-order valence-electron chi connectivity index (χ2n) is 6.71. The smallest absolute Gasteiger partial charge is 0.226 e. The predicted octanol–water partition coefficient (Wildman–Crippen LogP) is 3.21. The summed E-state index contributed by atoms with van der Waals surface area (Å²) in [5.41, 5.74) is 1.20. The Hall–Kier alpha value is -1.61. The lowest BCUT2D eigenvalue weighted by atomic mass is 9.76. The number of allylic oxidation sites excluding steroid dienone is 1. The molecule has 0 radical (unpaired) electrons. The van der Waals surface area contributed by atoms with E-state index in [1.165, 1.54) is 5.56 Å². The lowest BCUT2D eigenvalue weighted by Crippen LogP contribution is -2.46. The molecule has 0 atom stereocenters. The van der Waals surface area contributed by atoms with Gasteiger partial charge in [-0.1, -0.05) is 36.4 Å². The van der Waals surface area contributed by atoms with Crippen molar-refractivity contribution in [1.82, 2.24) is 5.32 Å². The number of hydrogen-bond donors (Lipinski definition) is 1. The summed E-state index contributed by atoms with van der Waals surface area (Å²) >= 11 is 0. The standard InChI is InChI=1S/C19H25NO2/c1-2-8-18(11-13-22-14-12-18)17(21)20-15-19(9-10-19)16-6-4-3-5-7-16/h2-7H,1,8-15H2,(H,20,21). The first kappa shape index (κ1) is 15.3. The molecule has 1 aliphatic carbocycles. The van der Waals surface area contributed by atoms with E-state index in [1.807, 2.05) is 12.1 Å². The molecule has 0 bridgehead atoms. The van der Waals surface area contributed by atoms with E-state index < -0.39 is 0 Å². The summed E-state index contributed by atoms with van der Waals surface area (Å²) in [6.45, 7) is 5.92. The zero-order valence-electron chi connectivity index (χ0n) is 13.1. The van der Waals surface area contributed by atoms with Crippen LogP contribution in [-0.4, -0.2) is 25.7 Å². The van der Waals surface area contributed by atoms with Crippen LogP contribution in [-0.2, 0) is 14.9 Å². The Morgan fingerprint density at radius 3 is 2.45 bits per heavy atom. The van der Waals surface area contributed by atoms with Crippen molar-refractivity contribution in [3.8, 4) is 0 Å². The fraction of sp³-hybridized carbons (Fsp3) is 0.526. The maximum atomic E-state index is 12.8. The number of carbonyl (C=O) groups is 1. The Balaban J connectivity index is 1.65. The van der Waals surface area contributed by atoms with Crippen molar-refractivity contribution in [2.45, 2.75) is 37.5 Å². The molecule has 3 rings (SSSR count). The predicted molar refractivity (Wildman–Crippen MR) is 87.7 cm³/mol. The van der Waals surface area contributed by atoms with Crippen LogP contribution < -0.4 is 5.32 Å². The van der Waals surface area contributed by atoms with Crippen LogP contribution in [0.1, 0.15) is 37.7 Å². The van der Waals surface area contributed by atoms with Gasteiger partial charge in [0.1, 0.15) is 0 Å². The van der Waals surface area contributed by atoms with E-state index >= 15 is 0 Å².